The largest absolute Gasteiger partial charge is 0.393 e. The van der Waals surface area contributed by atoms with Gasteiger partial charge >= 0.3 is 0 Å². The van der Waals surface area contributed by atoms with Gasteiger partial charge in [-0.25, -0.2) is 9.67 Å². The van der Waals surface area contributed by atoms with Crippen molar-refractivity contribution in [3.63, 3.8) is 0 Å². The number of pyridine rings is 1. The number of nitrogens with one attached hydrogen (secondary N) is 1. The molecule has 2 aromatic heterocycles. The van der Waals surface area contributed by atoms with Crippen molar-refractivity contribution in [2.24, 2.45) is 0 Å². The molecule has 0 aliphatic carbocycles. The van der Waals surface area contributed by atoms with Gasteiger partial charge in [-0.3, -0.25) is 4.79 Å². The summed E-state index contributed by atoms with van der Waals surface area (Å²) in [5.41, 5.74) is 2.87. The van der Waals surface area contributed by atoms with Gasteiger partial charge in [-0.1, -0.05) is 91.0 Å². The summed E-state index contributed by atoms with van der Waals surface area (Å²) in [4.78, 5) is 16.2. The van der Waals surface area contributed by atoms with Crippen molar-refractivity contribution in [2.45, 2.75) is 18.6 Å². The molecule has 5 rings (SSSR count). The van der Waals surface area contributed by atoms with E-state index in [0.717, 1.165) is 16.7 Å². The highest BCUT2D eigenvalue weighted by Gasteiger charge is 2.41. The first-order valence-corrected chi connectivity index (χ1v) is 11.7. The molecule has 3 N–H and O–H groups in total. The Morgan fingerprint density at radius 2 is 1.42 bits per heavy atom. The van der Waals surface area contributed by atoms with Gasteiger partial charge in [0, 0.05) is 24.6 Å². The summed E-state index contributed by atoms with van der Waals surface area (Å²) in [6.45, 7) is 0.931. The van der Waals surface area contributed by atoms with E-state index in [1.54, 1.807) is 12.3 Å². The molecule has 0 fully saturated rings. The molecule has 0 aliphatic rings. The van der Waals surface area contributed by atoms with Crippen molar-refractivity contribution in [2.75, 3.05) is 11.9 Å². The highest BCUT2D eigenvalue weighted by molar-refractivity contribution is 5.91. The van der Waals surface area contributed by atoms with Gasteiger partial charge in [0.1, 0.15) is 23.2 Å². The maximum absolute atomic E-state index is 11.8. The summed E-state index contributed by atoms with van der Waals surface area (Å²) in [7, 11) is 0. The number of aliphatic hydroxyl groups is 2. The monoisotopic (exact) mass is 478 g/mol. The van der Waals surface area contributed by atoms with Gasteiger partial charge in [0.25, 0.3) is 0 Å². The zero-order valence-electron chi connectivity index (χ0n) is 19.7. The van der Waals surface area contributed by atoms with Gasteiger partial charge in [0.2, 0.25) is 5.91 Å². The smallest absolute Gasteiger partial charge is 0.222 e. The first-order valence-electron chi connectivity index (χ1n) is 11.7. The lowest BCUT2D eigenvalue weighted by molar-refractivity contribution is -0.114. The summed E-state index contributed by atoms with van der Waals surface area (Å²) >= 11 is 0. The maximum atomic E-state index is 11.8. The van der Waals surface area contributed by atoms with Gasteiger partial charge in [-0.2, -0.15) is 5.10 Å². The van der Waals surface area contributed by atoms with E-state index in [1.165, 1.54) is 6.92 Å². The number of aliphatic hydroxyl groups excluding tert-OH is 2. The molecule has 0 spiro atoms. The van der Waals surface area contributed by atoms with Gasteiger partial charge in [-0.15, -0.1) is 0 Å². The minimum Gasteiger partial charge on any atom is -0.393 e. The Labute approximate surface area is 208 Å². The van der Waals surface area contributed by atoms with E-state index in [0.29, 0.717) is 22.4 Å². The molecule has 0 radical (unpaired) electrons. The van der Waals surface area contributed by atoms with Crippen molar-refractivity contribution in [3.05, 3.63) is 126 Å². The maximum Gasteiger partial charge on any atom is 0.222 e. The first kappa shape index (κ1) is 23.4. The molecule has 0 aliphatic heterocycles. The summed E-state index contributed by atoms with van der Waals surface area (Å²) in [6, 6.07) is 31.8. The van der Waals surface area contributed by atoms with Crippen molar-refractivity contribution < 1.29 is 15.0 Å². The molecule has 0 saturated heterocycles. The summed E-state index contributed by atoms with van der Waals surface area (Å²) in [6.07, 6.45) is 0.367. The fraction of sp³-hybridized carbons (Fsp3) is 0.138. The molecule has 36 heavy (non-hydrogen) atoms. The van der Waals surface area contributed by atoms with Crippen LogP contribution in [0.2, 0.25) is 0 Å². The van der Waals surface area contributed by atoms with E-state index in [9.17, 15) is 15.0 Å². The minimum absolute atomic E-state index is 0.246. The predicted octanol–water partition coefficient (Wildman–Crippen LogP) is 4.26. The molecule has 7 heteroatoms. The van der Waals surface area contributed by atoms with Crippen LogP contribution >= 0.6 is 0 Å². The number of hydrogen-bond donors (Lipinski definition) is 3. The number of nitrogens with zero attached hydrogens (tertiary/aromatic N) is 3. The number of fused-ring (bicyclic) bond motifs is 1. The van der Waals surface area contributed by atoms with Crippen molar-refractivity contribution >= 4 is 22.6 Å². The van der Waals surface area contributed by atoms with E-state index in [1.807, 2.05) is 95.7 Å². The lowest BCUT2D eigenvalue weighted by atomic mass is 9.77. The molecule has 0 bridgehead atoms. The number of amides is 1. The average Bonchev–Trinajstić information content (AvgIpc) is 3.29. The number of rotatable bonds is 7. The van der Waals surface area contributed by atoms with Crippen LogP contribution in [0.1, 0.15) is 35.4 Å². The molecule has 2 heterocycles. The molecule has 3 aromatic carbocycles. The highest BCUT2D eigenvalue weighted by atomic mass is 16.3. The number of carbonyl (C=O) groups excluding carboxylic acids is 1. The van der Waals surface area contributed by atoms with Crippen LogP contribution in [0.5, 0.6) is 0 Å². The third kappa shape index (κ3) is 3.94. The van der Waals surface area contributed by atoms with Gasteiger partial charge in [-0.05, 0) is 16.7 Å². The van der Waals surface area contributed by atoms with Crippen LogP contribution in [0.4, 0.5) is 5.82 Å². The van der Waals surface area contributed by atoms with Crippen LogP contribution in [0.25, 0.3) is 10.9 Å². The van der Waals surface area contributed by atoms with E-state index in [-0.39, 0.29) is 5.91 Å². The van der Waals surface area contributed by atoms with E-state index in [2.05, 4.69) is 10.3 Å². The number of anilines is 1. The molecule has 1 unspecified atom stereocenters. The van der Waals surface area contributed by atoms with Gasteiger partial charge < -0.3 is 15.5 Å². The van der Waals surface area contributed by atoms with Crippen LogP contribution in [0, 0.1) is 0 Å². The predicted molar refractivity (Wildman–Crippen MR) is 138 cm³/mol. The van der Waals surface area contributed by atoms with Crippen LogP contribution < -0.4 is 5.32 Å². The minimum atomic E-state index is -1.21. The van der Waals surface area contributed by atoms with E-state index < -0.39 is 18.2 Å². The third-order valence-electron chi connectivity index (χ3n) is 6.28. The average molecular weight is 479 g/mol. The Bertz CT molecular complexity index is 1390. The fourth-order valence-corrected chi connectivity index (χ4v) is 4.77. The normalized spacial score (nSPS) is 12.4. The Morgan fingerprint density at radius 1 is 0.917 bits per heavy atom. The van der Waals surface area contributed by atoms with E-state index >= 15 is 0 Å². The summed E-state index contributed by atoms with van der Waals surface area (Å²) < 4.78 is 1.86. The molecule has 1 amide bonds. The molecule has 1 atom stereocenters. The van der Waals surface area contributed by atoms with Crippen LogP contribution in [-0.4, -0.2) is 37.5 Å². The Balaban J connectivity index is 1.96. The van der Waals surface area contributed by atoms with Crippen molar-refractivity contribution in [1.29, 1.82) is 0 Å². The third-order valence-corrected chi connectivity index (χ3v) is 6.28. The molecule has 7 nitrogen and oxygen atoms in total. The lowest BCUT2D eigenvalue weighted by Crippen LogP contribution is -2.38. The molecular formula is C29H26N4O3. The lowest BCUT2D eigenvalue weighted by Gasteiger charge is -2.37. The number of hydrogen-bond acceptors (Lipinski definition) is 5. The quantitative estimate of drug-likeness (QED) is 0.304. The second kappa shape index (κ2) is 9.73. The van der Waals surface area contributed by atoms with Gasteiger partial charge in [0.15, 0.2) is 0 Å². The molecule has 5 aromatic rings. The van der Waals surface area contributed by atoms with Crippen LogP contribution in [0.3, 0.4) is 0 Å². The Kier molecular flexibility index (Phi) is 6.33. The SMILES string of the molecule is CC(=O)Nc1cc2c(cn1)c(C(O)CO)nn2C(c1ccccc1)(c1ccccc1)c1ccccc1. The molecule has 180 valence electrons. The first-order chi connectivity index (χ1) is 17.6. The van der Waals surface area contributed by atoms with Crippen molar-refractivity contribution in [3.8, 4) is 0 Å². The Morgan fingerprint density at radius 3 is 1.86 bits per heavy atom. The highest BCUT2D eigenvalue weighted by Crippen LogP contribution is 2.43. The topological polar surface area (TPSA) is 100 Å². The molecule has 0 saturated carbocycles. The second-order valence-electron chi connectivity index (χ2n) is 8.57. The zero-order valence-corrected chi connectivity index (χ0v) is 19.7. The Hall–Kier alpha value is -4.33. The van der Waals surface area contributed by atoms with Crippen LogP contribution in [-0.2, 0) is 10.3 Å². The second-order valence-corrected chi connectivity index (χ2v) is 8.57. The molecular weight excluding hydrogens is 452 g/mol. The standard InChI is InChI=1S/C29H26N4O3/c1-20(35)31-27-17-25-24(18-30-27)28(26(36)19-34)32-33(25)29(21-11-5-2-6-12-21,22-13-7-3-8-14-22)23-15-9-4-10-16-23/h2-18,26,34,36H,19H2,1H3,(H,30,31,35). The fourth-order valence-electron chi connectivity index (χ4n) is 4.77. The van der Waals surface area contributed by atoms with Crippen LogP contribution in [0.15, 0.2) is 103 Å². The zero-order chi connectivity index (χ0) is 25.1. The number of benzene rings is 3. The summed E-state index contributed by atoms with van der Waals surface area (Å²) in [5, 5.41) is 28.8. The van der Waals surface area contributed by atoms with E-state index in [4.69, 9.17) is 5.10 Å². The van der Waals surface area contributed by atoms with Gasteiger partial charge in [0.05, 0.1) is 12.1 Å². The number of aromatic nitrogens is 3. The number of carbonyl (C=O) groups is 1. The summed E-state index contributed by atoms with van der Waals surface area (Å²) in [5.74, 6) is 0.119. The van der Waals surface area contributed by atoms with Crippen molar-refractivity contribution in [1.82, 2.24) is 14.8 Å².